The third-order valence-corrected chi connectivity index (χ3v) is 4.82. The van der Waals surface area contributed by atoms with Gasteiger partial charge in [-0.25, -0.2) is 0 Å². The lowest BCUT2D eigenvalue weighted by molar-refractivity contribution is -0.0965. The Morgan fingerprint density at radius 1 is 1.29 bits per heavy atom. The molecule has 1 saturated carbocycles. The van der Waals surface area contributed by atoms with Gasteiger partial charge in [-0.1, -0.05) is 25.1 Å². The lowest BCUT2D eigenvalue weighted by atomic mass is 9.73. The molecule has 2 rings (SSSR count). The van der Waals surface area contributed by atoms with Gasteiger partial charge in [0.05, 0.1) is 18.8 Å². The highest BCUT2D eigenvalue weighted by molar-refractivity contribution is 5.37. The van der Waals surface area contributed by atoms with E-state index >= 15 is 0 Å². The van der Waals surface area contributed by atoms with Gasteiger partial charge in [0.1, 0.15) is 5.75 Å². The number of ether oxygens (including phenoxy) is 2. The SMILES string of the molecule is CCOC1(C(NC)c2ccccc2OC)CCC(C)CC1. The van der Waals surface area contributed by atoms with Crippen molar-refractivity contribution < 1.29 is 9.47 Å². The Bertz CT molecular complexity index is 439. The van der Waals surface area contributed by atoms with Crippen molar-refractivity contribution in [3.63, 3.8) is 0 Å². The van der Waals surface area contributed by atoms with Crippen molar-refractivity contribution in [2.45, 2.75) is 51.2 Å². The molecule has 1 N–H and O–H groups in total. The maximum Gasteiger partial charge on any atom is 0.123 e. The molecule has 1 atom stereocenters. The standard InChI is InChI=1S/C18H29NO2/c1-5-21-18(12-10-14(2)11-13-18)17(19-3)15-8-6-7-9-16(15)20-4/h6-9,14,17,19H,5,10-13H2,1-4H3. The van der Waals surface area contributed by atoms with Crippen molar-refractivity contribution in [3.8, 4) is 5.75 Å². The van der Waals surface area contributed by atoms with Gasteiger partial charge in [0.15, 0.2) is 0 Å². The highest BCUT2D eigenvalue weighted by Crippen LogP contribution is 2.45. The molecule has 0 aliphatic heterocycles. The molecule has 1 aliphatic carbocycles. The molecule has 3 nitrogen and oxygen atoms in total. The van der Waals surface area contributed by atoms with Crippen LogP contribution in [0.2, 0.25) is 0 Å². The van der Waals surface area contributed by atoms with Crippen LogP contribution in [0.1, 0.15) is 51.1 Å². The van der Waals surface area contributed by atoms with Crippen LogP contribution in [0, 0.1) is 5.92 Å². The van der Waals surface area contributed by atoms with Crippen molar-refractivity contribution in [2.75, 3.05) is 20.8 Å². The average Bonchev–Trinajstić information content (AvgIpc) is 2.52. The summed E-state index contributed by atoms with van der Waals surface area (Å²) in [6, 6.07) is 8.45. The molecule has 0 radical (unpaired) electrons. The molecule has 1 unspecified atom stereocenters. The Labute approximate surface area is 129 Å². The molecule has 0 amide bonds. The van der Waals surface area contributed by atoms with Crippen LogP contribution in [-0.4, -0.2) is 26.4 Å². The van der Waals surface area contributed by atoms with Crippen molar-refractivity contribution in [1.82, 2.24) is 5.32 Å². The normalized spacial score (nSPS) is 27.3. The van der Waals surface area contributed by atoms with Crippen LogP contribution in [0.4, 0.5) is 0 Å². The number of likely N-dealkylation sites (N-methyl/N-ethyl adjacent to an activating group) is 1. The predicted octanol–water partition coefficient (Wildman–Crippen LogP) is 3.94. The minimum absolute atomic E-state index is 0.120. The van der Waals surface area contributed by atoms with Crippen LogP contribution < -0.4 is 10.1 Å². The molecule has 0 bridgehead atoms. The number of nitrogens with one attached hydrogen (secondary N) is 1. The molecule has 3 heteroatoms. The summed E-state index contributed by atoms with van der Waals surface area (Å²) < 4.78 is 11.9. The van der Waals surface area contributed by atoms with Gasteiger partial charge in [0.25, 0.3) is 0 Å². The summed E-state index contributed by atoms with van der Waals surface area (Å²) in [5.74, 6) is 1.74. The van der Waals surface area contributed by atoms with Gasteiger partial charge in [-0.2, -0.15) is 0 Å². The van der Waals surface area contributed by atoms with E-state index in [4.69, 9.17) is 9.47 Å². The fourth-order valence-corrected chi connectivity index (χ4v) is 3.66. The summed E-state index contributed by atoms with van der Waals surface area (Å²) >= 11 is 0. The number of hydrogen-bond donors (Lipinski definition) is 1. The van der Waals surface area contributed by atoms with E-state index in [2.05, 4.69) is 31.3 Å². The van der Waals surface area contributed by atoms with Crippen LogP contribution >= 0.6 is 0 Å². The molecule has 118 valence electrons. The second-order valence-corrected chi connectivity index (χ2v) is 6.14. The Morgan fingerprint density at radius 3 is 2.52 bits per heavy atom. The zero-order chi connectivity index (χ0) is 15.3. The minimum Gasteiger partial charge on any atom is -0.496 e. The summed E-state index contributed by atoms with van der Waals surface area (Å²) in [6.45, 7) is 5.18. The van der Waals surface area contributed by atoms with E-state index in [9.17, 15) is 0 Å². The van der Waals surface area contributed by atoms with Gasteiger partial charge < -0.3 is 14.8 Å². The zero-order valence-corrected chi connectivity index (χ0v) is 13.8. The number of benzene rings is 1. The first-order valence-electron chi connectivity index (χ1n) is 8.11. The lowest BCUT2D eigenvalue weighted by Gasteiger charge is -2.45. The summed E-state index contributed by atoms with van der Waals surface area (Å²) in [5.41, 5.74) is 1.08. The lowest BCUT2D eigenvalue weighted by Crippen LogP contribution is -2.47. The van der Waals surface area contributed by atoms with Gasteiger partial charge in [0.2, 0.25) is 0 Å². The third-order valence-electron chi connectivity index (χ3n) is 4.82. The van der Waals surface area contributed by atoms with Crippen LogP contribution in [0.25, 0.3) is 0 Å². The minimum atomic E-state index is -0.120. The summed E-state index contributed by atoms with van der Waals surface area (Å²) in [6.07, 6.45) is 4.66. The van der Waals surface area contributed by atoms with E-state index in [1.165, 1.54) is 18.4 Å². The first-order valence-corrected chi connectivity index (χ1v) is 8.11. The van der Waals surface area contributed by atoms with Crippen molar-refractivity contribution >= 4 is 0 Å². The second-order valence-electron chi connectivity index (χ2n) is 6.14. The van der Waals surface area contributed by atoms with E-state index in [1.807, 2.05) is 19.2 Å². The van der Waals surface area contributed by atoms with Crippen molar-refractivity contribution in [1.29, 1.82) is 0 Å². The third kappa shape index (κ3) is 3.41. The maximum absolute atomic E-state index is 6.31. The number of methoxy groups -OCH3 is 1. The number of rotatable bonds is 6. The molecule has 0 heterocycles. The second kappa shape index (κ2) is 7.28. The zero-order valence-electron chi connectivity index (χ0n) is 13.8. The first-order chi connectivity index (χ1) is 10.2. The molecule has 0 saturated heterocycles. The van der Waals surface area contributed by atoms with E-state index in [0.29, 0.717) is 0 Å². The molecular weight excluding hydrogens is 262 g/mol. The molecule has 1 aromatic carbocycles. The fraction of sp³-hybridized carbons (Fsp3) is 0.667. The van der Waals surface area contributed by atoms with E-state index in [0.717, 1.165) is 31.1 Å². The Kier molecular flexibility index (Phi) is 5.65. The number of para-hydroxylation sites is 1. The highest BCUT2D eigenvalue weighted by Gasteiger charge is 2.43. The van der Waals surface area contributed by atoms with Crippen molar-refractivity contribution in [2.24, 2.45) is 5.92 Å². The van der Waals surface area contributed by atoms with E-state index in [-0.39, 0.29) is 11.6 Å². The smallest absolute Gasteiger partial charge is 0.123 e. The average molecular weight is 291 g/mol. The van der Waals surface area contributed by atoms with Gasteiger partial charge in [-0.15, -0.1) is 0 Å². The topological polar surface area (TPSA) is 30.5 Å². The fourth-order valence-electron chi connectivity index (χ4n) is 3.66. The van der Waals surface area contributed by atoms with Crippen LogP contribution in [0.5, 0.6) is 5.75 Å². The Hall–Kier alpha value is -1.06. The molecule has 0 aromatic heterocycles. The quantitative estimate of drug-likeness (QED) is 0.861. The number of hydrogen-bond acceptors (Lipinski definition) is 3. The van der Waals surface area contributed by atoms with E-state index < -0.39 is 0 Å². The van der Waals surface area contributed by atoms with Crippen molar-refractivity contribution in [3.05, 3.63) is 29.8 Å². The summed E-state index contributed by atoms with van der Waals surface area (Å²) in [4.78, 5) is 0. The van der Waals surface area contributed by atoms with Crippen LogP contribution in [-0.2, 0) is 4.74 Å². The van der Waals surface area contributed by atoms with E-state index in [1.54, 1.807) is 7.11 Å². The predicted molar refractivity (Wildman–Crippen MR) is 86.8 cm³/mol. The first kappa shape index (κ1) is 16.3. The van der Waals surface area contributed by atoms with Gasteiger partial charge in [0, 0.05) is 12.2 Å². The van der Waals surface area contributed by atoms with Gasteiger partial charge in [-0.05, 0) is 51.6 Å². The Morgan fingerprint density at radius 2 is 1.95 bits per heavy atom. The molecule has 1 fully saturated rings. The Balaban J connectivity index is 2.36. The summed E-state index contributed by atoms with van der Waals surface area (Å²) in [7, 11) is 3.76. The molecule has 1 aromatic rings. The highest BCUT2D eigenvalue weighted by atomic mass is 16.5. The van der Waals surface area contributed by atoms with Gasteiger partial charge >= 0.3 is 0 Å². The molecule has 21 heavy (non-hydrogen) atoms. The molecule has 1 aliphatic rings. The van der Waals surface area contributed by atoms with Gasteiger partial charge in [-0.3, -0.25) is 0 Å². The largest absolute Gasteiger partial charge is 0.496 e. The van der Waals surface area contributed by atoms with Crippen LogP contribution in [0.3, 0.4) is 0 Å². The monoisotopic (exact) mass is 291 g/mol. The van der Waals surface area contributed by atoms with Crippen LogP contribution in [0.15, 0.2) is 24.3 Å². The molecular formula is C18H29NO2. The maximum atomic E-state index is 6.31. The molecule has 0 spiro atoms. The summed E-state index contributed by atoms with van der Waals surface area (Å²) in [5, 5.41) is 3.50.